The van der Waals surface area contributed by atoms with Crippen LogP contribution < -0.4 is 10.7 Å². The van der Waals surface area contributed by atoms with Crippen LogP contribution in [0.5, 0.6) is 0 Å². The fourth-order valence-electron chi connectivity index (χ4n) is 4.52. The number of nitrogens with zero attached hydrogens (tertiary/aromatic N) is 2. The summed E-state index contributed by atoms with van der Waals surface area (Å²) >= 11 is 0. The van der Waals surface area contributed by atoms with E-state index in [1.807, 2.05) is 30.5 Å². The quantitative estimate of drug-likeness (QED) is 0.532. The largest absolute Gasteiger partial charge is 0.357 e. The van der Waals surface area contributed by atoms with E-state index in [0.29, 0.717) is 6.54 Å². The van der Waals surface area contributed by atoms with E-state index in [0.717, 1.165) is 41.5 Å². The van der Waals surface area contributed by atoms with Crippen molar-refractivity contribution < 1.29 is 0 Å². The summed E-state index contributed by atoms with van der Waals surface area (Å²) < 4.78 is 2.11. The summed E-state index contributed by atoms with van der Waals surface area (Å²) in [5.74, 6) is 0. The van der Waals surface area contributed by atoms with E-state index in [2.05, 4.69) is 47.0 Å². The Morgan fingerprint density at radius 3 is 2.93 bits per heavy atom. The number of hydrogen-bond acceptors (Lipinski definition) is 3. The highest BCUT2D eigenvalue weighted by molar-refractivity contribution is 5.78. The van der Waals surface area contributed by atoms with E-state index in [-0.39, 0.29) is 11.5 Å². The molecule has 5 rings (SSSR count). The summed E-state index contributed by atoms with van der Waals surface area (Å²) in [6.07, 6.45) is 5.24. The van der Waals surface area contributed by atoms with Gasteiger partial charge >= 0.3 is 0 Å². The van der Waals surface area contributed by atoms with Gasteiger partial charge < -0.3 is 10.3 Å². The molecule has 0 saturated carbocycles. The Balaban J connectivity index is 1.42. The first kappa shape index (κ1) is 18.8. The zero-order chi connectivity index (χ0) is 20.7. The van der Waals surface area contributed by atoms with Crippen molar-refractivity contribution in [2.24, 2.45) is 0 Å². The SMILES string of the molecule is Cc1cccc(-n2ncc3c2CCC[C@@H]3NCc2cc(=O)c3ccccc3[nH]2)c1C. The molecule has 1 atom stereocenters. The number of pyridine rings is 1. The van der Waals surface area contributed by atoms with Gasteiger partial charge in [-0.05, 0) is 62.4 Å². The molecule has 0 radical (unpaired) electrons. The second-order valence-corrected chi connectivity index (χ2v) is 8.21. The molecule has 30 heavy (non-hydrogen) atoms. The molecule has 0 saturated heterocycles. The maximum Gasteiger partial charge on any atom is 0.189 e. The first-order valence-corrected chi connectivity index (χ1v) is 10.6. The molecule has 0 unspecified atom stereocenters. The molecule has 0 fully saturated rings. The third-order valence-corrected chi connectivity index (χ3v) is 6.32. The molecule has 0 spiro atoms. The topological polar surface area (TPSA) is 62.7 Å². The normalized spacial score (nSPS) is 16.0. The maximum atomic E-state index is 12.4. The standard InChI is InChI=1S/C25H26N4O/c1-16-7-5-11-23(17(16)2)29-24-12-6-10-21(20(24)15-27-29)26-14-18-13-25(30)19-8-3-4-9-22(19)28-18/h3-5,7-9,11,13,15,21,26H,6,10,12,14H2,1-2H3,(H,28,30)/t21-/m0/s1. The van der Waals surface area contributed by atoms with Gasteiger partial charge in [-0.1, -0.05) is 24.3 Å². The van der Waals surface area contributed by atoms with Crippen molar-refractivity contribution in [2.75, 3.05) is 0 Å². The van der Waals surface area contributed by atoms with Crippen LogP contribution in [-0.2, 0) is 13.0 Å². The van der Waals surface area contributed by atoms with Crippen molar-refractivity contribution in [2.45, 2.75) is 45.7 Å². The van der Waals surface area contributed by atoms with Gasteiger partial charge in [0.25, 0.3) is 0 Å². The number of rotatable bonds is 4. The minimum atomic E-state index is 0.0632. The second kappa shape index (κ2) is 7.58. The van der Waals surface area contributed by atoms with Crippen LogP contribution >= 0.6 is 0 Å². The van der Waals surface area contributed by atoms with Gasteiger partial charge in [-0.3, -0.25) is 4.79 Å². The van der Waals surface area contributed by atoms with Crippen LogP contribution in [-0.4, -0.2) is 14.8 Å². The first-order valence-electron chi connectivity index (χ1n) is 10.6. The van der Waals surface area contributed by atoms with Crippen molar-refractivity contribution in [3.05, 3.63) is 93.0 Å². The number of aryl methyl sites for hydroxylation is 1. The predicted octanol–water partition coefficient (Wildman–Crippen LogP) is 4.50. The van der Waals surface area contributed by atoms with Crippen LogP contribution in [0.4, 0.5) is 0 Å². The molecule has 4 aromatic rings. The van der Waals surface area contributed by atoms with Gasteiger partial charge in [-0.2, -0.15) is 5.10 Å². The lowest BCUT2D eigenvalue weighted by atomic mass is 9.92. The first-order chi connectivity index (χ1) is 14.6. The van der Waals surface area contributed by atoms with Crippen molar-refractivity contribution in [3.8, 4) is 5.69 Å². The third-order valence-electron chi connectivity index (χ3n) is 6.32. The third kappa shape index (κ3) is 3.25. The molecule has 2 heterocycles. The van der Waals surface area contributed by atoms with Gasteiger partial charge in [0, 0.05) is 46.5 Å². The Kier molecular flexibility index (Phi) is 4.75. The number of H-pyrrole nitrogens is 1. The van der Waals surface area contributed by atoms with Crippen LogP contribution in [0.2, 0.25) is 0 Å². The molecule has 1 aliphatic rings. The highest BCUT2D eigenvalue weighted by Gasteiger charge is 2.25. The molecule has 0 amide bonds. The van der Waals surface area contributed by atoms with E-state index in [4.69, 9.17) is 5.10 Å². The summed E-state index contributed by atoms with van der Waals surface area (Å²) in [5, 5.41) is 9.13. The van der Waals surface area contributed by atoms with E-state index in [1.165, 1.54) is 22.4 Å². The van der Waals surface area contributed by atoms with Crippen LogP contribution in [0.3, 0.4) is 0 Å². The summed E-state index contributed by atoms with van der Waals surface area (Å²) in [6, 6.07) is 16.0. The molecule has 2 aromatic carbocycles. The monoisotopic (exact) mass is 398 g/mol. The van der Waals surface area contributed by atoms with Crippen LogP contribution in [0, 0.1) is 13.8 Å². The van der Waals surface area contributed by atoms with Gasteiger partial charge in [-0.15, -0.1) is 0 Å². The molecule has 0 aliphatic heterocycles. The van der Waals surface area contributed by atoms with Crippen LogP contribution in [0.25, 0.3) is 16.6 Å². The molecule has 2 aromatic heterocycles. The predicted molar refractivity (Wildman–Crippen MR) is 120 cm³/mol. The number of fused-ring (bicyclic) bond motifs is 2. The number of hydrogen-bond donors (Lipinski definition) is 2. The summed E-state index contributed by atoms with van der Waals surface area (Å²) in [6.45, 7) is 4.93. The maximum absolute atomic E-state index is 12.4. The van der Waals surface area contributed by atoms with Gasteiger partial charge in [0.2, 0.25) is 0 Å². The Labute approximate surface area is 175 Å². The molecule has 0 bridgehead atoms. The Morgan fingerprint density at radius 1 is 1.17 bits per heavy atom. The number of aromatic nitrogens is 3. The highest BCUT2D eigenvalue weighted by atomic mass is 16.1. The van der Waals surface area contributed by atoms with Crippen molar-refractivity contribution in [3.63, 3.8) is 0 Å². The lowest BCUT2D eigenvalue weighted by molar-refractivity contribution is 0.452. The number of nitrogens with one attached hydrogen (secondary N) is 2. The van der Waals surface area contributed by atoms with E-state index >= 15 is 0 Å². The summed E-state index contributed by atoms with van der Waals surface area (Å²) in [7, 11) is 0. The van der Waals surface area contributed by atoms with E-state index in [9.17, 15) is 4.79 Å². The molecule has 152 valence electrons. The number of para-hydroxylation sites is 1. The molecule has 5 heteroatoms. The van der Waals surface area contributed by atoms with Crippen LogP contribution in [0.15, 0.2) is 59.5 Å². The minimum absolute atomic E-state index is 0.0632. The Morgan fingerprint density at radius 2 is 2.03 bits per heavy atom. The van der Waals surface area contributed by atoms with Gasteiger partial charge in [0.05, 0.1) is 11.9 Å². The average Bonchev–Trinajstić information content (AvgIpc) is 3.19. The zero-order valence-corrected chi connectivity index (χ0v) is 17.4. The van der Waals surface area contributed by atoms with Crippen molar-refractivity contribution >= 4 is 10.9 Å². The second-order valence-electron chi connectivity index (χ2n) is 8.21. The van der Waals surface area contributed by atoms with Crippen molar-refractivity contribution in [1.82, 2.24) is 20.1 Å². The number of benzene rings is 2. The lowest BCUT2D eigenvalue weighted by Crippen LogP contribution is -2.26. The summed E-state index contributed by atoms with van der Waals surface area (Å²) in [5.41, 5.74) is 8.13. The molecular weight excluding hydrogens is 372 g/mol. The van der Waals surface area contributed by atoms with E-state index < -0.39 is 0 Å². The molecule has 1 aliphatic carbocycles. The fraction of sp³-hybridized carbons (Fsp3) is 0.280. The van der Waals surface area contributed by atoms with Gasteiger partial charge in [0.1, 0.15) is 0 Å². The van der Waals surface area contributed by atoms with Crippen LogP contribution in [0.1, 0.15) is 47.0 Å². The highest BCUT2D eigenvalue weighted by Crippen LogP contribution is 2.32. The minimum Gasteiger partial charge on any atom is -0.357 e. The van der Waals surface area contributed by atoms with Gasteiger partial charge in [0.15, 0.2) is 5.43 Å². The molecular formula is C25H26N4O. The van der Waals surface area contributed by atoms with E-state index in [1.54, 1.807) is 6.07 Å². The summed E-state index contributed by atoms with van der Waals surface area (Å²) in [4.78, 5) is 15.8. The average molecular weight is 399 g/mol. The van der Waals surface area contributed by atoms with Crippen molar-refractivity contribution in [1.29, 1.82) is 0 Å². The molecule has 5 nitrogen and oxygen atoms in total. The Hall–Kier alpha value is -3.18. The number of aromatic amines is 1. The zero-order valence-electron chi connectivity index (χ0n) is 17.4. The fourth-order valence-corrected chi connectivity index (χ4v) is 4.52. The van der Waals surface area contributed by atoms with Gasteiger partial charge in [-0.25, -0.2) is 4.68 Å². The smallest absolute Gasteiger partial charge is 0.189 e. The Bertz CT molecular complexity index is 1280. The lowest BCUT2D eigenvalue weighted by Gasteiger charge is -2.25. The molecule has 2 N–H and O–H groups in total.